The number of piperidine rings is 1. The van der Waals surface area contributed by atoms with Gasteiger partial charge in [0, 0.05) is 16.6 Å². The number of carbonyl (C=O) groups excluding carboxylic acids is 1. The molecule has 3 rings (SSSR count). The fourth-order valence-corrected chi connectivity index (χ4v) is 4.11. The Hall–Kier alpha value is -2.14. The highest BCUT2D eigenvalue weighted by Gasteiger charge is 2.26. The van der Waals surface area contributed by atoms with E-state index in [0.717, 1.165) is 36.3 Å². The van der Waals surface area contributed by atoms with E-state index in [0.29, 0.717) is 23.6 Å². The summed E-state index contributed by atoms with van der Waals surface area (Å²) >= 11 is 0. The Morgan fingerprint density at radius 2 is 2.12 bits per heavy atom. The zero-order chi connectivity index (χ0) is 18.7. The molecule has 140 valence electrons. The van der Waals surface area contributed by atoms with Gasteiger partial charge in [-0.1, -0.05) is 6.92 Å². The first-order valence-electron chi connectivity index (χ1n) is 9.72. The van der Waals surface area contributed by atoms with Crippen LogP contribution in [0.3, 0.4) is 0 Å². The smallest absolute Gasteiger partial charge is 0.338 e. The van der Waals surface area contributed by atoms with E-state index in [1.165, 1.54) is 24.2 Å². The lowest BCUT2D eigenvalue weighted by molar-refractivity contribution is -0.944. The molecular weight excluding hydrogens is 328 g/mol. The number of aromatic amines is 1. The van der Waals surface area contributed by atoms with Gasteiger partial charge in [-0.3, -0.25) is 4.79 Å². The molecular formula is C21H29N2O3+. The summed E-state index contributed by atoms with van der Waals surface area (Å²) in [6.07, 6.45) is 4.90. The molecule has 2 heterocycles. The lowest BCUT2D eigenvalue weighted by Crippen LogP contribution is -3.15. The molecule has 1 saturated heterocycles. The molecule has 1 aliphatic rings. The summed E-state index contributed by atoms with van der Waals surface area (Å²) < 4.78 is 5.07. The molecule has 1 unspecified atom stereocenters. The van der Waals surface area contributed by atoms with Crippen molar-refractivity contribution in [1.29, 1.82) is 0 Å². The molecule has 0 spiro atoms. The quantitative estimate of drug-likeness (QED) is 0.808. The largest absolute Gasteiger partial charge is 0.462 e. The van der Waals surface area contributed by atoms with Crippen molar-refractivity contribution >= 4 is 16.9 Å². The zero-order valence-corrected chi connectivity index (χ0v) is 16.0. The van der Waals surface area contributed by atoms with E-state index in [4.69, 9.17) is 4.74 Å². The third-order valence-corrected chi connectivity index (χ3v) is 5.60. The predicted octanol–water partition coefficient (Wildman–Crippen LogP) is 2.36. The second-order valence-electron chi connectivity index (χ2n) is 7.22. The average Bonchev–Trinajstić information content (AvgIpc) is 2.65. The number of H-pyrrole nitrogens is 1. The molecule has 1 fully saturated rings. The molecule has 0 aliphatic carbocycles. The molecule has 1 aromatic carbocycles. The molecule has 2 atom stereocenters. The van der Waals surface area contributed by atoms with Crippen LogP contribution in [0.4, 0.5) is 0 Å². The van der Waals surface area contributed by atoms with Crippen LogP contribution in [0.25, 0.3) is 10.9 Å². The number of hydrogen-bond donors (Lipinski definition) is 2. The van der Waals surface area contributed by atoms with Crippen LogP contribution < -0.4 is 10.3 Å². The standard InChI is InChI=1S/C21H28N2O3/c1-4-16-8-6-7-11-23(16)13-18-14(3)22-19-10-9-15(21(25)26-5-2)12-17(19)20(18)24/h9-10,12,16H,4-8,11,13H2,1-3H3,(H,22,24)/p+1/t16-/m1/s1. The number of hydrogen-bond acceptors (Lipinski definition) is 3. The molecule has 2 N–H and O–H groups in total. The second kappa shape index (κ2) is 8.04. The van der Waals surface area contributed by atoms with E-state index in [1.807, 2.05) is 6.92 Å². The Labute approximate surface area is 154 Å². The molecule has 0 amide bonds. The third kappa shape index (κ3) is 3.68. The number of nitrogens with one attached hydrogen (secondary N) is 2. The molecule has 1 aliphatic heterocycles. The number of pyridine rings is 1. The van der Waals surface area contributed by atoms with Crippen molar-refractivity contribution in [2.45, 2.75) is 59.0 Å². The summed E-state index contributed by atoms with van der Waals surface area (Å²) in [5.74, 6) is -0.386. The molecule has 0 bridgehead atoms. The van der Waals surface area contributed by atoms with Crippen molar-refractivity contribution in [2.24, 2.45) is 0 Å². The van der Waals surface area contributed by atoms with Crippen molar-refractivity contribution in [2.75, 3.05) is 13.2 Å². The highest BCUT2D eigenvalue weighted by atomic mass is 16.5. The van der Waals surface area contributed by atoms with Gasteiger partial charge in [-0.15, -0.1) is 0 Å². The van der Waals surface area contributed by atoms with Gasteiger partial charge >= 0.3 is 5.97 Å². The summed E-state index contributed by atoms with van der Waals surface area (Å²) in [7, 11) is 0. The van der Waals surface area contributed by atoms with Gasteiger partial charge in [0.15, 0.2) is 5.43 Å². The third-order valence-electron chi connectivity index (χ3n) is 5.60. The van der Waals surface area contributed by atoms with Gasteiger partial charge in [-0.2, -0.15) is 0 Å². The first-order valence-corrected chi connectivity index (χ1v) is 9.72. The molecule has 5 heteroatoms. The van der Waals surface area contributed by atoms with Crippen molar-refractivity contribution < 1.29 is 14.4 Å². The van der Waals surface area contributed by atoms with Crippen LogP contribution in [0.1, 0.15) is 61.1 Å². The van der Waals surface area contributed by atoms with Crippen LogP contribution in [0.5, 0.6) is 0 Å². The van der Waals surface area contributed by atoms with Gasteiger partial charge in [0.2, 0.25) is 0 Å². The lowest BCUT2D eigenvalue weighted by atomic mass is 9.98. The SMILES string of the molecule is CCOC(=O)c1ccc2[nH]c(C)c(C[NH+]3CCCC[C@H]3CC)c(=O)c2c1. The van der Waals surface area contributed by atoms with Gasteiger partial charge in [0.25, 0.3) is 0 Å². The summed E-state index contributed by atoms with van der Waals surface area (Å²) in [6, 6.07) is 5.79. The van der Waals surface area contributed by atoms with Crippen LogP contribution in [-0.4, -0.2) is 30.1 Å². The number of esters is 1. The van der Waals surface area contributed by atoms with E-state index >= 15 is 0 Å². The van der Waals surface area contributed by atoms with Crippen molar-refractivity contribution in [1.82, 2.24) is 4.98 Å². The van der Waals surface area contributed by atoms with E-state index in [1.54, 1.807) is 25.1 Å². The Balaban J connectivity index is 1.99. The van der Waals surface area contributed by atoms with E-state index < -0.39 is 0 Å². The topological polar surface area (TPSA) is 63.6 Å². The van der Waals surface area contributed by atoms with Gasteiger partial charge in [-0.25, -0.2) is 4.79 Å². The van der Waals surface area contributed by atoms with Gasteiger partial charge < -0.3 is 14.6 Å². The summed E-state index contributed by atoms with van der Waals surface area (Å²) in [4.78, 5) is 30.0. The number of rotatable bonds is 5. The number of likely N-dealkylation sites (tertiary alicyclic amines) is 1. The van der Waals surface area contributed by atoms with Gasteiger partial charge in [-0.05, 0) is 57.7 Å². The predicted molar refractivity (Wildman–Crippen MR) is 103 cm³/mol. The minimum Gasteiger partial charge on any atom is -0.462 e. The maximum Gasteiger partial charge on any atom is 0.338 e. The normalized spacial score (nSPS) is 20.3. The van der Waals surface area contributed by atoms with Crippen LogP contribution in [0.2, 0.25) is 0 Å². The first kappa shape index (κ1) is 18.6. The van der Waals surface area contributed by atoms with Crippen molar-refractivity contribution in [3.8, 4) is 0 Å². The number of aromatic nitrogens is 1. The monoisotopic (exact) mass is 357 g/mol. The number of fused-ring (bicyclic) bond motifs is 1. The molecule has 0 radical (unpaired) electrons. The van der Waals surface area contributed by atoms with Crippen LogP contribution in [-0.2, 0) is 11.3 Å². The number of carbonyl (C=O) groups is 1. The Kier molecular flexibility index (Phi) is 5.77. The summed E-state index contributed by atoms with van der Waals surface area (Å²) in [5, 5.41) is 0.570. The highest BCUT2D eigenvalue weighted by Crippen LogP contribution is 2.15. The van der Waals surface area contributed by atoms with E-state index in [-0.39, 0.29) is 11.4 Å². The molecule has 0 saturated carbocycles. The van der Waals surface area contributed by atoms with Crippen LogP contribution in [0, 0.1) is 6.92 Å². The average molecular weight is 357 g/mol. The minimum absolute atomic E-state index is 0.0373. The Bertz CT molecular complexity index is 856. The van der Waals surface area contributed by atoms with Gasteiger partial charge in [0.05, 0.1) is 30.3 Å². The minimum atomic E-state index is -0.386. The maximum absolute atomic E-state index is 13.2. The summed E-state index contributed by atoms with van der Waals surface area (Å²) in [5.41, 5.74) is 3.00. The fourth-order valence-electron chi connectivity index (χ4n) is 4.11. The second-order valence-corrected chi connectivity index (χ2v) is 7.22. The van der Waals surface area contributed by atoms with Crippen molar-refractivity contribution in [3.05, 3.63) is 45.2 Å². The number of quaternary nitrogens is 1. The highest BCUT2D eigenvalue weighted by molar-refractivity contribution is 5.94. The molecule has 2 aromatic rings. The maximum atomic E-state index is 13.2. The lowest BCUT2D eigenvalue weighted by Gasteiger charge is -2.32. The number of aryl methyl sites for hydroxylation is 1. The number of benzene rings is 1. The molecule has 1 aromatic heterocycles. The summed E-state index contributed by atoms with van der Waals surface area (Å²) in [6.45, 7) is 8.18. The van der Waals surface area contributed by atoms with Gasteiger partial charge in [0.1, 0.15) is 6.54 Å². The van der Waals surface area contributed by atoms with Crippen LogP contribution in [0.15, 0.2) is 23.0 Å². The zero-order valence-electron chi connectivity index (χ0n) is 16.0. The van der Waals surface area contributed by atoms with E-state index in [2.05, 4.69) is 11.9 Å². The number of ether oxygens (including phenoxy) is 1. The van der Waals surface area contributed by atoms with Crippen LogP contribution >= 0.6 is 0 Å². The van der Waals surface area contributed by atoms with Crippen molar-refractivity contribution in [3.63, 3.8) is 0 Å². The first-order chi connectivity index (χ1) is 12.5. The Morgan fingerprint density at radius 3 is 2.85 bits per heavy atom. The molecule has 5 nitrogen and oxygen atoms in total. The Morgan fingerprint density at radius 1 is 1.31 bits per heavy atom. The molecule has 26 heavy (non-hydrogen) atoms. The van der Waals surface area contributed by atoms with E-state index in [9.17, 15) is 9.59 Å². The fraction of sp³-hybridized carbons (Fsp3) is 0.524.